The summed E-state index contributed by atoms with van der Waals surface area (Å²) in [4.78, 5) is 4.07. The molecule has 1 aliphatic rings. The Hall–Kier alpha value is -1.04. The Morgan fingerprint density at radius 1 is 1.53 bits per heavy atom. The summed E-state index contributed by atoms with van der Waals surface area (Å²) in [7, 11) is 0. The van der Waals surface area contributed by atoms with Crippen LogP contribution in [-0.4, -0.2) is 29.2 Å². The maximum absolute atomic E-state index is 12.9. The summed E-state index contributed by atoms with van der Waals surface area (Å²) in [5.74, 6) is -1.15. The molecule has 1 saturated carbocycles. The molecule has 0 spiro atoms. The van der Waals surface area contributed by atoms with Crippen LogP contribution in [0.5, 0.6) is 0 Å². The highest BCUT2D eigenvalue weighted by Gasteiger charge is 2.38. The summed E-state index contributed by atoms with van der Waals surface area (Å²) >= 11 is 0. The topological polar surface area (TPSA) is 51.0 Å². The van der Waals surface area contributed by atoms with Gasteiger partial charge in [0.2, 0.25) is 11.8 Å². The normalized spacial score (nSPS) is 23.1. The Labute approximate surface area is 98.8 Å². The van der Waals surface area contributed by atoms with Crippen LogP contribution >= 0.6 is 0 Å². The van der Waals surface area contributed by atoms with Gasteiger partial charge in [0.25, 0.3) is 0 Å². The molecule has 0 amide bonds. The number of aryl methyl sites for hydroxylation is 1. The number of aromatic nitrogens is 2. The number of nitrogens with zero attached hydrogens (tertiary/aromatic N) is 2. The van der Waals surface area contributed by atoms with Gasteiger partial charge in [-0.05, 0) is 25.8 Å². The SMILES string of the molecule is Cc1noc(CCNCC2CCC(F)(F)C2)n1. The van der Waals surface area contributed by atoms with Crippen LogP contribution in [-0.2, 0) is 6.42 Å². The highest BCUT2D eigenvalue weighted by atomic mass is 19.3. The van der Waals surface area contributed by atoms with Gasteiger partial charge >= 0.3 is 0 Å². The Bertz CT molecular complexity index is 367. The molecule has 1 aromatic rings. The molecule has 0 saturated heterocycles. The summed E-state index contributed by atoms with van der Waals surface area (Å²) in [5.41, 5.74) is 0. The highest BCUT2D eigenvalue weighted by Crippen LogP contribution is 2.38. The molecule has 0 aliphatic heterocycles. The van der Waals surface area contributed by atoms with Crippen LogP contribution in [0.25, 0.3) is 0 Å². The summed E-state index contributed by atoms with van der Waals surface area (Å²) in [6.45, 7) is 3.09. The van der Waals surface area contributed by atoms with Gasteiger partial charge in [0, 0.05) is 25.8 Å². The van der Waals surface area contributed by atoms with Gasteiger partial charge in [0.1, 0.15) is 0 Å². The van der Waals surface area contributed by atoms with Gasteiger partial charge < -0.3 is 9.84 Å². The fourth-order valence-electron chi connectivity index (χ4n) is 2.16. The molecule has 0 aromatic carbocycles. The van der Waals surface area contributed by atoms with Gasteiger partial charge in [0.15, 0.2) is 5.82 Å². The number of hydrogen-bond donors (Lipinski definition) is 1. The number of hydrogen-bond acceptors (Lipinski definition) is 4. The van der Waals surface area contributed by atoms with Crippen LogP contribution in [0.1, 0.15) is 31.0 Å². The Morgan fingerprint density at radius 3 is 2.94 bits per heavy atom. The van der Waals surface area contributed by atoms with E-state index in [4.69, 9.17) is 4.52 Å². The van der Waals surface area contributed by atoms with E-state index in [9.17, 15) is 8.78 Å². The first kappa shape index (κ1) is 12.4. The number of rotatable bonds is 5. The fourth-order valence-corrected chi connectivity index (χ4v) is 2.16. The number of halogens is 2. The average Bonchev–Trinajstić information content (AvgIpc) is 2.80. The van der Waals surface area contributed by atoms with E-state index >= 15 is 0 Å². The lowest BCUT2D eigenvalue weighted by molar-refractivity contribution is 0.00509. The van der Waals surface area contributed by atoms with E-state index < -0.39 is 5.92 Å². The molecule has 1 aromatic heterocycles. The third-order valence-corrected chi connectivity index (χ3v) is 3.02. The van der Waals surface area contributed by atoms with E-state index in [-0.39, 0.29) is 18.8 Å². The van der Waals surface area contributed by atoms with Crippen molar-refractivity contribution in [1.82, 2.24) is 15.5 Å². The molecule has 0 radical (unpaired) electrons. The van der Waals surface area contributed by atoms with E-state index in [2.05, 4.69) is 15.5 Å². The molecule has 1 N–H and O–H groups in total. The number of alkyl halides is 2. The molecule has 4 nitrogen and oxygen atoms in total. The zero-order chi connectivity index (χ0) is 12.3. The van der Waals surface area contributed by atoms with Gasteiger partial charge in [0.05, 0.1) is 0 Å². The van der Waals surface area contributed by atoms with E-state index in [0.717, 1.165) is 0 Å². The minimum absolute atomic E-state index is 0.0136. The van der Waals surface area contributed by atoms with E-state index in [1.807, 2.05) is 0 Å². The summed E-state index contributed by atoms with van der Waals surface area (Å²) < 4.78 is 30.8. The minimum atomic E-state index is -2.45. The second kappa shape index (κ2) is 5.08. The molecule has 0 bridgehead atoms. The second-order valence-corrected chi connectivity index (χ2v) is 4.65. The quantitative estimate of drug-likeness (QED) is 0.805. The van der Waals surface area contributed by atoms with Gasteiger partial charge in [-0.2, -0.15) is 4.98 Å². The van der Waals surface area contributed by atoms with Crippen LogP contribution in [0.4, 0.5) is 8.78 Å². The Balaban J connectivity index is 1.61. The van der Waals surface area contributed by atoms with Crippen molar-refractivity contribution in [3.63, 3.8) is 0 Å². The summed E-state index contributed by atoms with van der Waals surface area (Å²) in [6, 6.07) is 0. The first-order chi connectivity index (χ1) is 8.05. The van der Waals surface area contributed by atoms with Gasteiger partial charge in [-0.25, -0.2) is 8.78 Å². The van der Waals surface area contributed by atoms with Crippen molar-refractivity contribution in [2.75, 3.05) is 13.1 Å². The second-order valence-electron chi connectivity index (χ2n) is 4.65. The minimum Gasteiger partial charge on any atom is -0.339 e. The van der Waals surface area contributed by atoms with Crippen LogP contribution in [0.2, 0.25) is 0 Å². The third-order valence-electron chi connectivity index (χ3n) is 3.02. The van der Waals surface area contributed by atoms with E-state index in [1.54, 1.807) is 6.92 Å². The van der Waals surface area contributed by atoms with Crippen LogP contribution in [0.15, 0.2) is 4.52 Å². The van der Waals surface area contributed by atoms with Crippen LogP contribution in [0, 0.1) is 12.8 Å². The van der Waals surface area contributed by atoms with Crippen molar-refractivity contribution in [2.24, 2.45) is 5.92 Å². The van der Waals surface area contributed by atoms with Gasteiger partial charge in [-0.15, -0.1) is 0 Å². The standard InChI is InChI=1S/C11H17F2N3O/c1-8-15-10(17-16-8)3-5-14-7-9-2-4-11(12,13)6-9/h9,14H,2-7H2,1H3. The molecule has 17 heavy (non-hydrogen) atoms. The lowest BCUT2D eigenvalue weighted by Crippen LogP contribution is -2.24. The largest absolute Gasteiger partial charge is 0.339 e. The predicted octanol–water partition coefficient (Wildman–Crippen LogP) is 1.95. The van der Waals surface area contributed by atoms with Gasteiger partial charge in [-0.3, -0.25) is 0 Å². The van der Waals surface area contributed by atoms with Crippen molar-refractivity contribution in [2.45, 2.75) is 38.5 Å². The van der Waals surface area contributed by atoms with Crippen LogP contribution in [0.3, 0.4) is 0 Å². The lowest BCUT2D eigenvalue weighted by Gasteiger charge is -2.10. The van der Waals surface area contributed by atoms with Crippen molar-refractivity contribution < 1.29 is 13.3 Å². The van der Waals surface area contributed by atoms with E-state index in [1.165, 1.54) is 0 Å². The zero-order valence-electron chi connectivity index (χ0n) is 9.88. The first-order valence-corrected chi connectivity index (χ1v) is 5.93. The lowest BCUT2D eigenvalue weighted by atomic mass is 10.1. The fraction of sp³-hybridized carbons (Fsp3) is 0.818. The molecule has 1 heterocycles. The maximum Gasteiger partial charge on any atom is 0.248 e. The molecule has 1 fully saturated rings. The molecule has 1 aliphatic carbocycles. The summed E-state index contributed by atoms with van der Waals surface area (Å²) in [6.07, 6.45) is 1.30. The molecule has 2 rings (SSSR count). The molecular formula is C11H17F2N3O. The van der Waals surface area contributed by atoms with Crippen molar-refractivity contribution in [1.29, 1.82) is 0 Å². The highest BCUT2D eigenvalue weighted by molar-refractivity contribution is 4.85. The molecule has 1 atom stereocenters. The summed E-state index contributed by atoms with van der Waals surface area (Å²) in [5, 5.41) is 6.84. The number of nitrogens with one attached hydrogen (secondary N) is 1. The van der Waals surface area contributed by atoms with Crippen molar-refractivity contribution in [3.05, 3.63) is 11.7 Å². The molecule has 1 unspecified atom stereocenters. The zero-order valence-corrected chi connectivity index (χ0v) is 9.88. The predicted molar refractivity (Wildman–Crippen MR) is 57.9 cm³/mol. The maximum atomic E-state index is 12.9. The van der Waals surface area contributed by atoms with Crippen LogP contribution < -0.4 is 5.32 Å². The van der Waals surface area contributed by atoms with Crippen molar-refractivity contribution >= 4 is 0 Å². The molecule has 6 heteroatoms. The Kier molecular flexibility index (Phi) is 3.71. The van der Waals surface area contributed by atoms with Gasteiger partial charge in [-0.1, -0.05) is 5.16 Å². The molecular weight excluding hydrogens is 228 g/mol. The smallest absolute Gasteiger partial charge is 0.248 e. The van der Waals surface area contributed by atoms with E-state index in [0.29, 0.717) is 37.6 Å². The Morgan fingerprint density at radius 2 is 2.35 bits per heavy atom. The third kappa shape index (κ3) is 3.73. The molecule has 96 valence electrons. The average molecular weight is 245 g/mol. The van der Waals surface area contributed by atoms with Crippen molar-refractivity contribution in [3.8, 4) is 0 Å². The first-order valence-electron chi connectivity index (χ1n) is 5.93. The monoisotopic (exact) mass is 245 g/mol.